The number of carbonyl (C=O) groups is 2. The molecule has 0 spiro atoms. The van der Waals surface area contributed by atoms with E-state index in [0.717, 1.165) is 23.1 Å². The van der Waals surface area contributed by atoms with E-state index in [2.05, 4.69) is 5.32 Å². The van der Waals surface area contributed by atoms with Gasteiger partial charge in [0.1, 0.15) is 11.4 Å². The minimum atomic E-state index is -1.18. The molecule has 1 N–H and O–H groups in total. The van der Waals surface area contributed by atoms with Crippen LogP contribution in [-0.4, -0.2) is 33.1 Å². The molecule has 9 heteroatoms. The van der Waals surface area contributed by atoms with E-state index >= 15 is 0 Å². The SMILES string of the molecule is COc1ccc(NC2=C(c3ccccc3OC)C(=O)N(c3ccc(F)c(F)c3)C2=O)cc1OC. The Morgan fingerprint density at radius 3 is 2.12 bits per heavy atom. The number of nitrogens with zero attached hydrogens (tertiary/aromatic N) is 1. The highest BCUT2D eigenvalue weighted by Gasteiger charge is 2.41. The first-order valence-corrected chi connectivity index (χ1v) is 10.1. The lowest BCUT2D eigenvalue weighted by Gasteiger charge is -2.16. The van der Waals surface area contributed by atoms with Crippen molar-refractivity contribution in [2.45, 2.75) is 0 Å². The molecular formula is C25H20F2N2O5. The predicted octanol–water partition coefficient (Wildman–Crippen LogP) is 4.39. The Morgan fingerprint density at radius 2 is 1.44 bits per heavy atom. The number of hydrogen-bond acceptors (Lipinski definition) is 6. The van der Waals surface area contributed by atoms with E-state index in [9.17, 15) is 18.4 Å². The number of halogens is 2. The third-order valence-corrected chi connectivity index (χ3v) is 5.27. The van der Waals surface area contributed by atoms with Crippen molar-refractivity contribution in [1.29, 1.82) is 0 Å². The number of methoxy groups -OCH3 is 3. The van der Waals surface area contributed by atoms with Crippen molar-refractivity contribution in [2.24, 2.45) is 0 Å². The van der Waals surface area contributed by atoms with Gasteiger partial charge in [0.15, 0.2) is 23.1 Å². The highest BCUT2D eigenvalue weighted by atomic mass is 19.2. The molecule has 0 bridgehead atoms. The third-order valence-electron chi connectivity index (χ3n) is 5.27. The topological polar surface area (TPSA) is 77.1 Å². The van der Waals surface area contributed by atoms with Crippen LogP contribution in [0.5, 0.6) is 17.2 Å². The molecule has 2 amide bonds. The zero-order chi connectivity index (χ0) is 24.4. The Hall–Kier alpha value is -4.40. The summed E-state index contributed by atoms with van der Waals surface area (Å²) in [6.07, 6.45) is 0. The molecule has 0 radical (unpaired) electrons. The number of hydrogen-bond donors (Lipinski definition) is 1. The summed E-state index contributed by atoms with van der Waals surface area (Å²) in [5.74, 6) is -2.50. The number of anilines is 2. The largest absolute Gasteiger partial charge is 0.496 e. The molecule has 0 unspecified atom stereocenters. The Kier molecular flexibility index (Phi) is 6.18. The summed E-state index contributed by atoms with van der Waals surface area (Å²) in [7, 11) is 4.40. The highest BCUT2D eigenvalue weighted by molar-refractivity contribution is 6.46. The molecule has 0 saturated heterocycles. The third kappa shape index (κ3) is 3.92. The van der Waals surface area contributed by atoms with Gasteiger partial charge in [-0.2, -0.15) is 0 Å². The van der Waals surface area contributed by atoms with Crippen molar-refractivity contribution in [3.8, 4) is 17.2 Å². The fraction of sp³-hybridized carbons (Fsp3) is 0.120. The molecule has 34 heavy (non-hydrogen) atoms. The lowest BCUT2D eigenvalue weighted by molar-refractivity contribution is -0.120. The van der Waals surface area contributed by atoms with Gasteiger partial charge >= 0.3 is 0 Å². The monoisotopic (exact) mass is 466 g/mol. The van der Waals surface area contributed by atoms with Crippen molar-refractivity contribution in [3.05, 3.63) is 83.6 Å². The van der Waals surface area contributed by atoms with E-state index in [0.29, 0.717) is 28.5 Å². The quantitative estimate of drug-likeness (QED) is 0.521. The Labute approximate surface area is 194 Å². The number of nitrogens with one attached hydrogen (secondary N) is 1. The van der Waals surface area contributed by atoms with E-state index in [1.807, 2.05) is 0 Å². The summed E-state index contributed by atoms with van der Waals surface area (Å²) in [5, 5.41) is 2.98. The second-order valence-corrected chi connectivity index (χ2v) is 7.19. The zero-order valence-corrected chi connectivity index (χ0v) is 18.5. The Bertz CT molecular complexity index is 1320. The molecule has 1 heterocycles. The van der Waals surface area contributed by atoms with E-state index in [1.165, 1.54) is 21.3 Å². The Morgan fingerprint density at radius 1 is 0.735 bits per heavy atom. The van der Waals surface area contributed by atoms with Crippen molar-refractivity contribution in [3.63, 3.8) is 0 Å². The van der Waals surface area contributed by atoms with Crippen LogP contribution >= 0.6 is 0 Å². The van der Waals surface area contributed by atoms with Gasteiger partial charge in [-0.3, -0.25) is 9.59 Å². The fourth-order valence-electron chi connectivity index (χ4n) is 3.66. The number of amides is 2. The van der Waals surface area contributed by atoms with Crippen LogP contribution in [0.1, 0.15) is 5.56 Å². The molecule has 0 aromatic heterocycles. The second kappa shape index (κ2) is 9.22. The van der Waals surface area contributed by atoms with Gasteiger partial charge in [-0.1, -0.05) is 18.2 Å². The molecule has 0 saturated carbocycles. The number of carbonyl (C=O) groups excluding carboxylic acids is 2. The zero-order valence-electron chi connectivity index (χ0n) is 18.5. The van der Waals surface area contributed by atoms with Crippen molar-refractivity contribution >= 4 is 28.8 Å². The minimum absolute atomic E-state index is 0.0157. The smallest absolute Gasteiger partial charge is 0.282 e. The van der Waals surface area contributed by atoms with Gasteiger partial charge in [0.25, 0.3) is 11.8 Å². The average Bonchev–Trinajstić information content (AvgIpc) is 3.09. The van der Waals surface area contributed by atoms with Crippen LogP contribution in [0.4, 0.5) is 20.2 Å². The van der Waals surface area contributed by atoms with Gasteiger partial charge in [-0.05, 0) is 30.3 Å². The molecule has 3 aromatic carbocycles. The van der Waals surface area contributed by atoms with E-state index in [1.54, 1.807) is 42.5 Å². The molecule has 174 valence electrons. The Balaban J connectivity index is 1.86. The molecule has 0 aliphatic carbocycles. The van der Waals surface area contributed by atoms with Crippen LogP contribution in [-0.2, 0) is 9.59 Å². The van der Waals surface area contributed by atoms with Crippen LogP contribution in [0.15, 0.2) is 66.4 Å². The summed E-state index contributed by atoms with van der Waals surface area (Å²) in [6.45, 7) is 0. The predicted molar refractivity (Wildman–Crippen MR) is 122 cm³/mol. The molecule has 0 atom stereocenters. The minimum Gasteiger partial charge on any atom is -0.496 e. The maximum atomic E-state index is 13.9. The van der Waals surface area contributed by atoms with Crippen LogP contribution in [0.3, 0.4) is 0 Å². The van der Waals surface area contributed by atoms with Gasteiger partial charge in [0, 0.05) is 23.4 Å². The van der Waals surface area contributed by atoms with Crippen molar-refractivity contribution in [1.82, 2.24) is 0 Å². The number of rotatable bonds is 7. The standard InChI is InChI=1S/C25H20F2N2O5/c1-32-19-7-5-4-6-16(19)22-23(28-14-8-11-20(33-2)21(12-14)34-3)25(31)29(24(22)30)15-9-10-17(26)18(27)13-15/h4-13,28H,1-3H3. The summed E-state index contributed by atoms with van der Waals surface area (Å²) in [5.41, 5.74) is 0.642. The fourth-order valence-corrected chi connectivity index (χ4v) is 3.66. The summed E-state index contributed by atoms with van der Waals surface area (Å²) in [6, 6.07) is 14.4. The van der Waals surface area contributed by atoms with E-state index in [-0.39, 0.29) is 17.0 Å². The first-order chi connectivity index (χ1) is 16.4. The van der Waals surface area contributed by atoms with Crippen LogP contribution < -0.4 is 24.4 Å². The maximum absolute atomic E-state index is 13.9. The molecular weight excluding hydrogens is 446 g/mol. The molecule has 1 aliphatic heterocycles. The van der Waals surface area contributed by atoms with Crippen LogP contribution in [0.2, 0.25) is 0 Å². The molecule has 0 fully saturated rings. The molecule has 3 aromatic rings. The molecule has 4 rings (SSSR count). The lowest BCUT2D eigenvalue weighted by atomic mass is 10.0. The molecule has 1 aliphatic rings. The number of imide groups is 1. The number of para-hydroxylation sites is 1. The van der Waals surface area contributed by atoms with Crippen LogP contribution in [0.25, 0.3) is 5.57 Å². The normalized spacial score (nSPS) is 13.4. The maximum Gasteiger partial charge on any atom is 0.282 e. The van der Waals surface area contributed by atoms with Gasteiger partial charge in [-0.15, -0.1) is 0 Å². The van der Waals surface area contributed by atoms with Crippen molar-refractivity contribution in [2.75, 3.05) is 31.5 Å². The first kappa shape index (κ1) is 22.8. The lowest BCUT2D eigenvalue weighted by Crippen LogP contribution is -2.32. The second-order valence-electron chi connectivity index (χ2n) is 7.19. The van der Waals surface area contributed by atoms with Gasteiger partial charge in [-0.25, -0.2) is 13.7 Å². The van der Waals surface area contributed by atoms with Gasteiger partial charge in [0.05, 0.1) is 32.6 Å². The number of ether oxygens (including phenoxy) is 3. The van der Waals surface area contributed by atoms with Crippen LogP contribution in [0, 0.1) is 11.6 Å². The molecule has 7 nitrogen and oxygen atoms in total. The summed E-state index contributed by atoms with van der Waals surface area (Å²) in [4.78, 5) is 27.7. The average molecular weight is 466 g/mol. The van der Waals surface area contributed by atoms with Crippen molar-refractivity contribution < 1.29 is 32.6 Å². The highest BCUT2D eigenvalue weighted by Crippen LogP contribution is 2.38. The summed E-state index contributed by atoms with van der Waals surface area (Å²) < 4.78 is 43.4. The van der Waals surface area contributed by atoms with E-state index < -0.39 is 23.4 Å². The summed E-state index contributed by atoms with van der Waals surface area (Å²) >= 11 is 0. The van der Waals surface area contributed by atoms with Gasteiger partial charge in [0.2, 0.25) is 0 Å². The first-order valence-electron chi connectivity index (χ1n) is 10.1. The number of benzene rings is 3. The van der Waals surface area contributed by atoms with Gasteiger partial charge < -0.3 is 19.5 Å². The van der Waals surface area contributed by atoms with E-state index in [4.69, 9.17) is 14.2 Å².